The fourth-order valence-corrected chi connectivity index (χ4v) is 3.79. The van der Waals surface area contributed by atoms with E-state index in [1.807, 2.05) is 13.8 Å². The van der Waals surface area contributed by atoms with Crippen molar-refractivity contribution >= 4 is 23.4 Å². The maximum atomic E-state index is 13.5. The molecule has 0 unspecified atom stereocenters. The van der Waals surface area contributed by atoms with Gasteiger partial charge in [0.2, 0.25) is 5.91 Å². The lowest BCUT2D eigenvalue weighted by atomic mass is 10.1. The molecule has 0 radical (unpaired) electrons. The molecule has 1 saturated heterocycles. The smallest absolute Gasteiger partial charge is 0.284 e. The Morgan fingerprint density at radius 3 is 2.81 bits per heavy atom. The van der Waals surface area contributed by atoms with Crippen LogP contribution in [0.1, 0.15) is 20.8 Å². The zero-order valence-corrected chi connectivity index (χ0v) is 17.8. The van der Waals surface area contributed by atoms with Crippen molar-refractivity contribution in [3.05, 3.63) is 30.3 Å². The number of nitrogens with two attached hydrogens (primary N) is 1. The van der Waals surface area contributed by atoms with Crippen LogP contribution in [-0.4, -0.2) is 52.1 Å². The van der Waals surface area contributed by atoms with Crippen LogP contribution in [0.5, 0.6) is 5.75 Å². The van der Waals surface area contributed by atoms with Crippen molar-refractivity contribution in [1.29, 1.82) is 0 Å². The van der Waals surface area contributed by atoms with Crippen molar-refractivity contribution in [2.75, 3.05) is 16.8 Å². The quantitative estimate of drug-likeness (QED) is 0.676. The number of fused-ring (bicyclic) bond motifs is 3. The molecule has 1 amide bonds. The van der Waals surface area contributed by atoms with Crippen LogP contribution in [0.15, 0.2) is 30.3 Å². The highest BCUT2D eigenvalue weighted by molar-refractivity contribution is 5.83. The van der Waals surface area contributed by atoms with E-state index in [0.29, 0.717) is 29.4 Å². The molecule has 2 atom stereocenters. The summed E-state index contributed by atoms with van der Waals surface area (Å²) in [6.07, 6.45) is -1.14. The van der Waals surface area contributed by atoms with E-state index < -0.39 is 30.0 Å². The van der Waals surface area contributed by atoms with Gasteiger partial charge in [0.05, 0.1) is 12.1 Å². The molecule has 9 nitrogen and oxygen atoms in total. The van der Waals surface area contributed by atoms with E-state index in [-0.39, 0.29) is 18.3 Å². The molecule has 0 saturated carbocycles. The number of anilines is 2. The molecule has 0 bridgehead atoms. The number of imidazole rings is 1. The first-order chi connectivity index (χ1) is 15.1. The predicted molar refractivity (Wildman–Crippen MR) is 112 cm³/mol. The second-order valence-corrected chi connectivity index (χ2v) is 8.38. The molecule has 11 heteroatoms. The Bertz CT molecular complexity index is 1110. The van der Waals surface area contributed by atoms with E-state index in [9.17, 15) is 18.4 Å². The molecule has 3 N–H and O–H groups in total. The van der Waals surface area contributed by atoms with Gasteiger partial charge in [0.25, 0.3) is 12.3 Å². The van der Waals surface area contributed by atoms with E-state index in [4.69, 9.17) is 15.2 Å². The summed E-state index contributed by atoms with van der Waals surface area (Å²) in [6.45, 7) is 5.46. The molecule has 1 fully saturated rings. The van der Waals surface area contributed by atoms with E-state index in [0.717, 1.165) is 4.90 Å². The van der Waals surface area contributed by atoms with Gasteiger partial charge in [0.1, 0.15) is 35.9 Å². The number of hydrogen-bond donors (Lipinski definition) is 2. The molecule has 32 heavy (non-hydrogen) atoms. The highest BCUT2D eigenvalue weighted by Gasteiger charge is 2.41. The number of benzene rings is 1. The summed E-state index contributed by atoms with van der Waals surface area (Å²) in [4.78, 5) is 28.3. The summed E-state index contributed by atoms with van der Waals surface area (Å²) >= 11 is 0. The molecule has 2 aromatic rings. The number of halogens is 2. The first-order valence-corrected chi connectivity index (χ1v) is 10.0. The third-order valence-corrected chi connectivity index (χ3v) is 5.30. The SMILES string of the molecule is C[C@H](Nc1ccc2c(c1)OC(C)(C)Cn1cc(N3C(=C=O)OC[C@H]3C(F)F)nc1-2)C(N)=O. The number of carbonyl (C=O) groups excluding carboxylic acids is 2. The van der Waals surface area contributed by atoms with Crippen molar-refractivity contribution in [3.8, 4) is 17.1 Å². The van der Waals surface area contributed by atoms with Crippen LogP contribution in [0, 0.1) is 0 Å². The second-order valence-electron chi connectivity index (χ2n) is 8.38. The van der Waals surface area contributed by atoms with Gasteiger partial charge in [0, 0.05) is 18.0 Å². The van der Waals surface area contributed by atoms with E-state index in [2.05, 4.69) is 10.3 Å². The van der Waals surface area contributed by atoms with Crippen LogP contribution in [-0.2, 0) is 20.9 Å². The van der Waals surface area contributed by atoms with Gasteiger partial charge < -0.3 is 25.1 Å². The van der Waals surface area contributed by atoms with Crippen molar-refractivity contribution in [3.63, 3.8) is 0 Å². The third-order valence-electron chi connectivity index (χ3n) is 5.30. The predicted octanol–water partition coefficient (Wildman–Crippen LogP) is 2.15. The van der Waals surface area contributed by atoms with Gasteiger partial charge >= 0.3 is 0 Å². The Morgan fingerprint density at radius 1 is 1.41 bits per heavy atom. The number of primary amides is 1. The maximum absolute atomic E-state index is 13.5. The molecule has 4 rings (SSSR count). The third kappa shape index (κ3) is 3.87. The Balaban J connectivity index is 1.78. The number of rotatable bonds is 5. The largest absolute Gasteiger partial charge is 0.485 e. The minimum atomic E-state index is -2.74. The number of alkyl halides is 2. The Labute approximate surface area is 182 Å². The Kier molecular flexibility index (Phi) is 5.29. The fraction of sp³-hybridized carbons (Fsp3) is 0.429. The standard InChI is InChI=1S/C21H23F2N5O4/c1-11(19(24)30)25-12-4-5-13-15(6-12)32-21(2,3)10-27-7-16(26-20(13)27)28-14(18(22)23)9-31-17(28)8-29/h4-7,11,14,18,25H,9-10H2,1-3H3,(H2,24,30)/t11-,14-/m0/s1. The summed E-state index contributed by atoms with van der Waals surface area (Å²) in [5, 5.41) is 3.01. The Hall–Kier alpha value is -3.59. The van der Waals surface area contributed by atoms with Gasteiger partial charge in [-0.1, -0.05) is 0 Å². The summed E-state index contributed by atoms with van der Waals surface area (Å²) in [7, 11) is 0. The van der Waals surface area contributed by atoms with Crippen molar-refractivity contribution in [2.45, 2.75) is 51.4 Å². The molecule has 3 heterocycles. The molecular weight excluding hydrogens is 424 g/mol. The summed E-state index contributed by atoms with van der Waals surface area (Å²) < 4.78 is 40.2. The first-order valence-electron chi connectivity index (χ1n) is 10.0. The van der Waals surface area contributed by atoms with Crippen molar-refractivity contribution < 1.29 is 27.8 Å². The summed E-state index contributed by atoms with van der Waals surface area (Å²) in [5.41, 5.74) is 5.92. The van der Waals surface area contributed by atoms with Gasteiger partial charge in [-0.3, -0.25) is 9.69 Å². The zero-order chi connectivity index (χ0) is 23.2. The molecule has 1 aromatic heterocycles. The van der Waals surface area contributed by atoms with Gasteiger partial charge in [-0.2, -0.15) is 0 Å². The van der Waals surface area contributed by atoms with Gasteiger partial charge in [-0.05, 0) is 32.9 Å². The van der Waals surface area contributed by atoms with Crippen LogP contribution in [0.3, 0.4) is 0 Å². The number of nitrogens with zero attached hydrogens (tertiary/aromatic N) is 3. The molecular formula is C21H23F2N5O4. The highest BCUT2D eigenvalue weighted by Crippen LogP contribution is 2.40. The lowest BCUT2D eigenvalue weighted by Gasteiger charge is -2.26. The maximum Gasteiger partial charge on any atom is 0.284 e. The van der Waals surface area contributed by atoms with Gasteiger partial charge in [-0.15, -0.1) is 0 Å². The second kappa shape index (κ2) is 7.83. The number of carbonyl (C=O) groups is 1. The monoisotopic (exact) mass is 447 g/mol. The molecule has 1 aromatic carbocycles. The Morgan fingerprint density at radius 2 is 2.16 bits per heavy atom. The minimum absolute atomic E-state index is 0.161. The lowest BCUT2D eigenvalue weighted by molar-refractivity contribution is -0.118. The van der Waals surface area contributed by atoms with E-state index in [1.165, 1.54) is 0 Å². The lowest BCUT2D eigenvalue weighted by Crippen LogP contribution is -2.36. The number of aromatic nitrogens is 2. The van der Waals surface area contributed by atoms with Crippen LogP contribution in [0.4, 0.5) is 20.3 Å². The van der Waals surface area contributed by atoms with Crippen LogP contribution in [0.25, 0.3) is 11.4 Å². The normalized spacial score (nSPS) is 19.9. The van der Waals surface area contributed by atoms with Gasteiger partial charge in [0.15, 0.2) is 11.8 Å². The molecule has 170 valence electrons. The van der Waals surface area contributed by atoms with Crippen LogP contribution in [0.2, 0.25) is 0 Å². The fourth-order valence-electron chi connectivity index (χ4n) is 3.79. The van der Waals surface area contributed by atoms with Crippen LogP contribution < -0.4 is 20.7 Å². The molecule has 0 aliphatic carbocycles. The summed E-state index contributed by atoms with van der Waals surface area (Å²) in [6, 6.07) is 3.32. The highest BCUT2D eigenvalue weighted by atomic mass is 19.3. The van der Waals surface area contributed by atoms with E-state index >= 15 is 0 Å². The number of amides is 1. The number of hydrogen-bond acceptors (Lipinski definition) is 7. The zero-order valence-electron chi connectivity index (χ0n) is 17.8. The van der Waals surface area contributed by atoms with Crippen molar-refractivity contribution in [2.24, 2.45) is 5.73 Å². The molecule has 2 aliphatic rings. The van der Waals surface area contributed by atoms with Gasteiger partial charge in [-0.25, -0.2) is 18.6 Å². The molecule has 2 aliphatic heterocycles. The van der Waals surface area contributed by atoms with Crippen molar-refractivity contribution in [1.82, 2.24) is 9.55 Å². The topological polar surface area (TPSA) is 112 Å². The number of ether oxygens (including phenoxy) is 2. The minimum Gasteiger partial charge on any atom is -0.485 e. The summed E-state index contributed by atoms with van der Waals surface area (Å²) in [5.74, 6) is 1.91. The average molecular weight is 447 g/mol. The average Bonchev–Trinajstić information content (AvgIpc) is 3.28. The number of nitrogens with one attached hydrogen (secondary N) is 1. The van der Waals surface area contributed by atoms with E-state index in [1.54, 1.807) is 41.8 Å². The van der Waals surface area contributed by atoms with Crippen LogP contribution >= 0.6 is 0 Å². The first kappa shape index (κ1) is 21.6. The molecule has 0 spiro atoms.